The van der Waals surface area contributed by atoms with Gasteiger partial charge in [0.2, 0.25) is 0 Å². The van der Waals surface area contributed by atoms with Crippen molar-refractivity contribution in [1.82, 2.24) is 5.43 Å². The summed E-state index contributed by atoms with van der Waals surface area (Å²) in [7, 11) is 0. The molecule has 0 bridgehead atoms. The zero-order chi connectivity index (χ0) is 15.5. The van der Waals surface area contributed by atoms with Crippen LogP contribution in [-0.4, -0.2) is 30.6 Å². The second-order valence-electron chi connectivity index (χ2n) is 5.67. The molecule has 6 nitrogen and oxygen atoms in total. The van der Waals surface area contributed by atoms with Crippen molar-refractivity contribution >= 4 is 11.8 Å². The predicted molar refractivity (Wildman–Crippen MR) is 79.0 cm³/mol. The number of amides is 1. The second kappa shape index (κ2) is 6.03. The highest BCUT2D eigenvalue weighted by Gasteiger charge is 2.16. The van der Waals surface area contributed by atoms with Gasteiger partial charge in [0.25, 0.3) is 0 Å². The van der Waals surface area contributed by atoms with Gasteiger partial charge in [-0.3, -0.25) is 0 Å². The SMILES string of the molecule is C/C(=N\NC(=O)OC(C)(C)C)c1ccc2c(c1)OCCO2. The third-order valence-corrected chi connectivity index (χ3v) is 2.67. The molecule has 1 amide bonds. The Hall–Kier alpha value is -2.24. The average molecular weight is 292 g/mol. The fraction of sp³-hybridized carbons (Fsp3) is 0.467. The van der Waals surface area contributed by atoms with E-state index >= 15 is 0 Å². The molecule has 1 N–H and O–H groups in total. The first-order valence-corrected chi connectivity index (χ1v) is 6.78. The molecule has 0 saturated carbocycles. The molecule has 0 fully saturated rings. The Morgan fingerprint density at radius 2 is 1.90 bits per heavy atom. The molecule has 21 heavy (non-hydrogen) atoms. The minimum absolute atomic E-state index is 0.531. The van der Waals surface area contributed by atoms with Crippen molar-refractivity contribution in [2.24, 2.45) is 5.10 Å². The van der Waals surface area contributed by atoms with Crippen LogP contribution in [0.15, 0.2) is 23.3 Å². The van der Waals surface area contributed by atoms with Crippen LogP contribution >= 0.6 is 0 Å². The molecule has 0 aromatic heterocycles. The Morgan fingerprint density at radius 3 is 2.57 bits per heavy atom. The molecule has 0 spiro atoms. The van der Waals surface area contributed by atoms with Crippen LogP contribution in [0.1, 0.15) is 33.3 Å². The number of benzene rings is 1. The Bertz CT molecular complexity index is 561. The van der Waals surface area contributed by atoms with Crippen LogP contribution in [0.2, 0.25) is 0 Å². The fourth-order valence-electron chi connectivity index (χ4n) is 1.76. The van der Waals surface area contributed by atoms with Gasteiger partial charge < -0.3 is 14.2 Å². The summed E-state index contributed by atoms with van der Waals surface area (Å²) >= 11 is 0. The molecule has 0 radical (unpaired) electrons. The number of ether oxygens (including phenoxy) is 3. The van der Waals surface area contributed by atoms with Crippen LogP contribution in [0.3, 0.4) is 0 Å². The van der Waals surface area contributed by atoms with Gasteiger partial charge in [-0.15, -0.1) is 0 Å². The first kappa shape index (κ1) is 15.2. The largest absolute Gasteiger partial charge is 0.486 e. The van der Waals surface area contributed by atoms with Gasteiger partial charge >= 0.3 is 6.09 Å². The number of hydrogen-bond acceptors (Lipinski definition) is 5. The summed E-state index contributed by atoms with van der Waals surface area (Å²) in [4.78, 5) is 11.5. The maximum Gasteiger partial charge on any atom is 0.428 e. The van der Waals surface area contributed by atoms with Crippen molar-refractivity contribution in [1.29, 1.82) is 0 Å². The van der Waals surface area contributed by atoms with Gasteiger partial charge in [-0.05, 0) is 45.9 Å². The molecular formula is C15H20N2O4. The van der Waals surface area contributed by atoms with Gasteiger partial charge in [-0.1, -0.05) is 0 Å². The molecule has 1 aliphatic rings. The highest BCUT2D eigenvalue weighted by Crippen LogP contribution is 2.30. The molecule has 2 rings (SSSR count). The van der Waals surface area contributed by atoms with E-state index in [1.165, 1.54) is 0 Å². The summed E-state index contributed by atoms with van der Waals surface area (Å²) in [6.45, 7) is 8.27. The molecule has 1 heterocycles. The number of carbonyl (C=O) groups excluding carboxylic acids is 1. The molecule has 0 atom stereocenters. The molecule has 0 saturated heterocycles. The highest BCUT2D eigenvalue weighted by atomic mass is 16.6. The number of rotatable bonds is 2. The van der Waals surface area contributed by atoms with E-state index < -0.39 is 11.7 Å². The standard InChI is InChI=1S/C15H20N2O4/c1-10(16-17-14(18)21-15(2,3)4)11-5-6-12-13(9-11)20-8-7-19-12/h5-6,9H,7-8H2,1-4H3,(H,17,18)/b16-10+. The van der Waals surface area contributed by atoms with Crippen LogP contribution in [0.5, 0.6) is 11.5 Å². The monoisotopic (exact) mass is 292 g/mol. The lowest BCUT2D eigenvalue weighted by atomic mass is 10.1. The number of hydrazone groups is 1. The van der Waals surface area contributed by atoms with Crippen molar-refractivity contribution in [3.05, 3.63) is 23.8 Å². The van der Waals surface area contributed by atoms with E-state index in [0.717, 1.165) is 11.3 Å². The molecule has 6 heteroatoms. The Balaban J connectivity index is 2.04. The topological polar surface area (TPSA) is 69.2 Å². The van der Waals surface area contributed by atoms with Gasteiger partial charge in [0.05, 0.1) is 5.71 Å². The van der Waals surface area contributed by atoms with E-state index in [-0.39, 0.29) is 0 Å². The van der Waals surface area contributed by atoms with E-state index in [0.29, 0.717) is 24.7 Å². The first-order chi connectivity index (χ1) is 9.85. The molecule has 1 aromatic rings. The number of hydrogen-bond donors (Lipinski definition) is 1. The lowest BCUT2D eigenvalue weighted by molar-refractivity contribution is 0.0529. The van der Waals surface area contributed by atoms with Crippen molar-refractivity contribution < 1.29 is 19.0 Å². The van der Waals surface area contributed by atoms with E-state index in [4.69, 9.17) is 14.2 Å². The number of nitrogens with one attached hydrogen (secondary N) is 1. The average Bonchev–Trinajstić information content (AvgIpc) is 2.42. The normalized spacial score (nSPS) is 14.6. The maximum absolute atomic E-state index is 11.5. The van der Waals surface area contributed by atoms with Crippen LogP contribution in [0.25, 0.3) is 0 Å². The third kappa shape index (κ3) is 4.37. The zero-order valence-corrected chi connectivity index (χ0v) is 12.7. The van der Waals surface area contributed by atoms with Crippen LogP contribution in [-0.2, 0) is 4.74 Å². The Labute approximate surface area is 124 Å². The van der Waals surface area contributed by atoms with Gasteiger partial charge in [0.15, 0.2) is 11.5 Å². The minimum atomic E-state index is -0.584. The van der Waals surface area contributed by atoms with Crippen molar-refractivity contribution in [2.45, 2.75) is 33.3 Å². The number of carbonyl (C=O) groups is 1. The Kier molecular flexibility index (Phi) is 4.35. The lowest BCUT2D eigenvalue weighted by Crippen LogP contribution is -2.30. The van der Waals surface area contributed by atoms with Crippen molar-refractivity contribution in [3.8, 4) is 11.5 Å². The summed E-state index contributed by atoms with van der Waals surface area (Å²) in [5.74, 6) is 1.41. The van der Waals surface area contributed by atoms with Gasteiger partial charge in [-0.25, -0.2) is 10.2 Å². The minimum Gasteiger partial charge on any atom is -0.486 e. The quantitative estimate of drug-likeness (QED) is 0.672. The highest BCUT2D eigenvalue weighted by molar-refractivity contribution is 5.99. The van der Waals surface area contributed by atoms with Crippen LogP contribution in [0, 0.1) is 0 Å². The molecular weight excluding hydrogens is 272 g/mol. The molecule has 0 unspecified atom stereocenters. The summed E-state index contributed by atoms with van der Waals surface area (Å²) in [5.41, 5.74) is 3.31. The van der Waals surface area contributed by atoms with Crippen molar-refractivity contribution in [3.63, 3.8) is 0 Å². The third-order valence-electron chi connectivity index (χ3n) is 2.67. The van der Waals surface area contributed by atoms with E-state index in [9.17, 15) is 4.79 Å². The Morgan fingerprint density at radius 1 is 1.24 bits per heavy atom. The summed E-state index contributed by atoms with van der Waals surface area (Å²) in [6.07, 6.45) is -0.584. The smallest absolute Gasteiger partial charge is 0.428 e. The molecule has 1 aromatic carbocycles. The zero-order valence-electron chi connectivity index (χ0n) is 12.7. The molecule has 1 aliphatic heterocycles. The van der Waals surface area contributed by atoms with Gasteiger partial charge in [0, 0.05) is 5.56 Å². The van der Waals surface area contributed by atoms with E-state index in [1.54, 1.807) is 27.7 Å². The number of fused-ring (bicyclic) bond motifs is 1. The first-order valence-electron chi connectivity index (χ1n) is 6.78. The second-order valence-corrected chi connectivity index (χ2v) is 5.67. The maximum atomic E-state index is 11.5. The van der Waals surface area contributed by atoms with E-state index in [2.05, 4.69) is 10.5 Å². The fourth-order valence-corrected chi connectivity index (χ4v) is 1.76. The van der Waals surface area contributed by atoms with E-state index in [1.807, 2.05) is 18.2 Å². The van der Waals surface area contributed by atoms with Gasteiger partial charge in [0.1, 0.15) is 18.8 Å². The van der Waals surface area contributed by atoms with Gasteiger partial charge in [-0.2, -0.15) is 5.10 Å². The van der Waals surface area contributed by atoms with Crippen LogP contribution in [0.4, 0.5) is 4.79 Å². The van der Waals surface area contributed by atoms with Crippen molar-refractivity contribution in [2.75, 3.05) is 13.2 Å². The lowest BCUT2D eigenvalue weighted by Gasteiger charge is -2.19. The predicted octanol–water partition coefficient (Wildman–Crippen LogP) is 2.71. The molecule has 0 aliphatic carbocycles. The summed E-state index contributed by atoms with van der Waals surface area (Å²) in [5, 5.41) is 4.02. The van der Waals surface area contributed by atoms with Crippen LogP contribution < -0.4 is 14.9 Å². The summed E-state index contributed by atoms with van der Waals surface area (Å²) < 4.78 is 16.1. The number of nitrogens with zero attached hydrogens (tertiary/aromatic N) is 1. The molecule has 114 valence electrons. The summed E-state index contributed by atoms with van der Waals surface area (Å²) in [6, 6.07) is 5.53.